The number of halogens is 1. The molecule has 0 amide bonds. The van der Waals surface area contributed by atoms with Crippen LogP contribution in [0.4, 0.5) is 0 Å². The minimum Gasteiger partial charge on any atom is -0.456 e. The molecule has 2 aromatic heterocycles. The molecule has 0 unspecified atom stereocenters. The van der Waals surface area contributed by atoms with E-state index in [0.717, 1.165) is 11.0 Å². The first-order chi connectivity index (χ1) is 8.31. The van der Waals surface area contributed by atoms with Crippen LogP contribution in [0.3, 0.4) is 0 Å². The monoisotopic (exact) mass is 245 g/mol. The van der Waals surface area contributed by atoms with Crippen LogP contribution in [0.25, 0.3) is 11.0 Å². The van der Waals surface area contributed by atoms with Crippen molar-refractivity contribution in [2.75, 3.05) is 0 Å². The molecular weight excluding hydrogens is 238 g/mol. The summed E-state index contributed by atoms with van der Waals surface area (Å²) in [6.45, 7) is 0. The smallest absolute Gasteiger partial charge is 0.201 e. The summed E-state index contributed by atoms with van der Waals surface area (Å²) in [6, 6.07) is 9.21. The Bertz CT molecular complexity index is 651. The Balaban J connectivity index is 1.95. The van der Waals surface area contributed by atoms with Crippen LogP contribution < -0.4 is 4.74 Å². The minimum atomic E-state index is 0.374. The fraction of sp³-hybridized carbons (Fsp3) is 0. The number of nitrogens with zero attached hydrogens (tertiary/aromatic N) is 2. The lowest BCUT2D eigenvalue weighted by Crippen LogP contribution is -1.84. The molecule has 0 aliphatic rings. The molecule has 0 saturated heterocycles. The van der Waals surface area contributed by atoms with Gasteiger partial charge in [0.2, 0.25) is 5.28 Å². The van der Waals surface area contributed by atoms with Gasteiger partial charge in [0.05, 0.1) is 17.2 Å². The number of rotatable bonds is 2. The molecule has 0 aliphatic carbocycles. The van der Waals surface area contributed by atoms with Gasteiger partial charge in [-0.15, -0.1) is 0 Å². The number of pyridine rings is 1. The lowest BCUT2D eigenvalue weighted by Gasteiger charge is -2.03. The van der Waals surface area contributed by atoms with E-state index in [2.05, 4.69) is 15.0 Å². The number of fused-ring (bicyclic) bond motifs is 1. The van der Waals surface area contributed by atoms with Crippen molar-refractivity contribution in [1.29, 1.82) is 0 Å². The molecule has 0 aliphatic heterocycles. The highest BCUT2D eigenvalue weighted by Gasteiger charge is 2.03. The Kier molecular flexibility index (Phi) is 2.42. The lowest BCUT2D eigenvalue weighted by atomic mass is 10.3. The van der Waals surface area contributed by atoms with Gasteiger partial charge in [-0.1, -0.05) is 0 Å². The summed E-state index contributed by atoms with van der Waals surface area (Å²) >= 11 is 5.78. The van der Waals surface area contributed by atoms with Crippen molar-refractivity contribution in [3.05, 3.63) is 48.0 Å². The molecule has 0 spiro atoms. The van der Waals surface area contributed by atoms with Gasteiger partial charge >= 0.3 is 0 Å². The zero-order valence-electron chi connectivity index (χ0n) is 8.72. The molecule has 0 saturated carbocycles. The van der Waals surface area contributed by atoms with Crippen molar-refractivity contribution in [2.45, 2.75) is 0 Å². The molecular formula is C12H8ClN3O. The Morgan fingerprint density at radius 2 is 2.12 bits per heavy atom. The number of imidazole rings is 1. The molecule has 2 heterocycles. The molecule has 17 heavy (non-hydrogen) atoms. The zero-order valence-corrected chi connectivity index (χ0v) is 9.48. The summed E-state index contributed by atoms with van der Waals surface area (Å²) < 4.78 is 5.64. The molecule has 0 atom stereocenters. The summed E-state index contributed by atoms with van der Waals surface area (Å²) in [5, 5.41) is 0.374. The predicted molar refractivity (Wildman–Crippen MR) is 65.4 cm³/mol. The summed E-state index contributed by atoms with van der Waals surface area (Å²) in [4.78, 5) is 11.0. The molecule has 0 bridgehead atoms. The summed E-state index contributed by atoms with van der Waals surface area (Å²) in [5.41, 5.74) is 1.66. The fourth-order valence-corrected chi connectivity index (χ4v) is 1.75. The molecule has 1 N–H and O–H groups in total. The standard InChI is InChI=1S/C12H8ClN3O/c13-12-15-10-4-3-8(6-11(10)16-12)17-9-2-1-5-14-7-9/h1-7H,(H,15,16). The first-order valence-electron chi connectivity index (χ1n) is 5.04. The van der Waals surface area contributed by atoms with Gasteiger partial charge in [-0.2, -0.15) is 0 Å². The number of nitrogens with one attached hydrogen (secondary N) is 1. The van der Waals surface area contributed by atoms with Crippen LogP contribution in [0.15, 0.2) is 42.7 Å². The fourth-order valence-electron chi connectivity index (χ4n) is 1.56. The van der Waals surface area contributed by atoms with E-state index < -0.39 is 0 Å². The van der Waals surface area contributed by atoms with Crippen molar-refractivity contribution >= 4 is 22.6 Å². The van der Waals surface area contributed by atoms with Crippen LogP contribution in [-0.4, -0.2) is 15.0 Å². The second-order valence-corrected chi connectivity index (χ2v) is 3.86. The van der Waals surface area contributed by atoms with Gasteiger partial charge in [0.25, 0.3) is 0 Å². The predicted octanol–water partition coefficient (Wildman–Crippen LogP) is 3.40. The zero-order chi connectivity index (χ0) is 11.7. The van der Waals surface area contributed by atoms with Crippen LogP contribution in [0, 0.1) is 0 Å². The molecule has 0 radical (unpaired) electrons. The number of hydrogen-bond donors (Lipinski definition) is 1. The second-order valence-electron chi connectivity index (χ2n) is 3.50. The third-order valence-electron chi connectivity index (χ3n) is 2.30. The number of benzene rings is 1. The van der Waals surface area contributed by atoms with Gasteiger partial charge in [-0.05, 0) is 35.9 Å². The van der Waals surface area contributed by atoms with Gasteiger partial charge in [-0.25, -0.2) is 4.98 Å². The number of aromatic amines is 1. The van der Waals surface area contributed by atoms with E-state index in [-0.39, 0.29) is 0 Å². The number of H-pyrrole nitrogens is 1. The van der Waals surface area contributed by atoms with Crippen molar-refractivity contribution in [1.82, 2.24) is 15.0 Å². The molecule has 3 aromatic rings. The van der Waals surface area contributed by atoms with Crippen LogP contribution >= 0.6 is 11.6 Å². The number of hydrogen-bond acceptors (Lipinski definition) is 3. The number of aromatic nitrogens is 3. The van der Waals surface area contributed by atoms with E-state index in [0.29, 0.717) is 16.8 Å². The first kappa shape index (κ1) is 10.1. The molecule has 3 rings (SSSR count). The average Bonchev–Trinajstić information content (AvgIpc) is 2.70. The highest BCUT2D eigenvalue weighted by molar-refractivity contribution is 6.29. The van der Waals surface area contributed by atoms with Crippen molar-refractivity contribution < 1.29 is 4.74 Å². The Labute approximate surface area is 102 Å². The maximum Gasteiger partial charge on any atom is 0.201 e. The van der Waals surface area contributed by atoms with E-state index in [1.54, 1.807) is 12.4 Å². The quantitative estimate of drug-likeness (QED) is 0.753. The van der Waals surface area contributed by atoms with E-state index in [4.69, 9.17) is 16.3 Å². The van der Waals surface area contributed by atoms with E-state index in [9.17, 15) is 0 Å². The third kappa shape index (κ3) is 2.07. The molecule has 5 heteroatoms. The van der Waals surface area contributed by atoms with E-state index >= 15 is 0 Å². The Hall–Kier alpha value is -2.07. The van der Waals surface area contributed by atoms with Gasteiger partial charge in [-0.3, -0.25) is 4.98 Å². The third-order valence-corrected chi connectivity index (χ3v) is 2.47. The highest BCUT2D eigenvalue weighted by Crippen LogP contribution is 2.24. The normalized spacial score (nSPS) is 10.6. The maximum absolute atomic E-state index is 5.78. The Morgan fingerprint density at radius 3 is 2.94 bits per heavy atom. The van der Waals surface area contributed by atoms with Gasteiger partial charge in [0, 0.05) is 12.3 Å². The highest BCUT2D eigenvalue weighted by atomic mass is 35.5. The molecule has 0 fully saturated rings. The largest absolute Gasteiger partial charge is 0.456 e. The van der Waals surface area contributed by atoms with Crippen molar-refractivity contribution in [3.8, 4) is 11.5 Å². The topological polar surface area (TPSA) is 50.8 Å². The van der Waals surface area contributed by atoms with Crippen molar-refractivity contribution in [2.24, 2.45) is 0 Å². The van der Waals surface area contributed by atoms with E-state index in [1.165, 1.54) is 0 Å². The van der Waals surface area contributed by atoms with Crippen LogP contribution in [0.2, 0.25) is 5.28 Å². The molecule has 4 nitrogen and oxygen atoms in total. The van der Waals surface area contributed by atoms with E-state index in [1.807, 2.05) is 30.3 Å². The Morgan fingerprint density at radius 1 is 1.18 bits per heavy atom. The van der Waals surface area contributed by atoms with Crippen LogP contribution in [-0.2, 0) is 0 Å². The van der Waals surface area contributed by atoms with Gasteiger partial charge in [0.1, 0.15) is 11.5 Å². The maximum atomic E-state index is 5.78. The first-order valence-corrected chi connectivity index (χ1v) is 5.42. The van der Waals surface area contributed by atoms with Crippen LogP contribution in [0.5, 0.6) is 11.5 Å². The minimum absolute atomic E-state index is 0.374. The van der Waals surface area contributed by atoms with Crippen molar-refractivity contribution in [3.63, 3.8) is 0 Å². The average molecular weight is 246 g/mol. The summed E-state index contributed by atoms with van der Waals surface area (Å²) in [7, 11) is 0. The molecule has 84 valence electrons. The number of ether oxygens (including phenoxy) is 1. The van der Waals surface area contributed by atoms with Gasteiger partial charge in [0.15, 0.2) is 0 Å². The van der Waals surface area contributed by atoms with Gasteiger partial charge < -0.3 is 9.72 Å². The SMILES string of the molecule is Clc1nc2cc(Oc3cccnc3)ccc2[nH]1. The second kappa shape index (κ2) is 4.07. The van der Waals surface area contributed by atoms with Crippen LogP contribution in [0.1, 0.15) is 0 Å². The molecule has 1 aromatic carbocycles. The summed E-state index contributed by atoms with van der Waals surface area (Å²) in [5.74, 6) is 1.39. The summed E-state index contributed by atoms with van der Waals surface area (Å²) in [6.07, 6.45) is 3.35. The lowest BCUT2D eigenvalue weighted by molar-refractivity contribution is 0.481.